The summed E-state index contributed by atoms with van der Waals surface area (Å²) in [5.74, 6) is -3.49. The molecular formula is C23H25F2N7O2. The Morgan fingerprint density at radius 2 is 1.91 bits per heavy atom. The molecule has 1 aliphatic rings. The first-order valence-corrected chi connectivity index (χ1v) is 10.6. The number of primary amides is 1. The van der Waals surface area contributed by atoms with E-state index in [-0.39, 0.29) is 28.7 Å². The summed E-state index contributed by atoms with van der Waals surface area (Å²) in [6.45, 7) is 2.52. The topological polar surface area (TPSA) is 118 Å². The minimum absolute atomic E-state index is 0.0376. The van der Waals surface area contributed by atoms with E-state index in [0.29, 0.717) is 11.4 Å². The third-order valence-corrected chi connectivity index (χ3v) is 5.54. The van der Waals surface area contributed by atoms with E-state index in [1.807, 2.05) is 19.2 Å². The Hall–Kier alpha value is -3.86. The van der Waals surface area contributed by atoms with Gasteiger partial charge in [-0.3, -0.25) is 4.79 Å². The monoisotopic (exact) mass is 469 g/mol. The van der Waals surface area contributed by atoms with Gasteiger partial charge in [-0.05, 0) is 42.8 Å². The molecule has 1 amide bonds. The zero-order valence-electron chi connectivity index (χ0n) is 19.0. The summed E-state index contributed by atoms with van der Waals surface area (Å²) in [4.78, 5) is 18.4. The lowest BCUT2D eigenvalue weighted by atomic mass is 9.99. The third-order valence-electron chi connectivity index (χ3n) is 5.54. The standard InChI is InChI=1S/C23H25F2N7O2/c1-23(24,25)15-6-4-5-7-16(15)27-21-19(20(26)33)30-31-22(29-21)28-17-10-14-12-32(2)9-8-13(14)11-18(17)34-3/h4-7,10-11H,8-9,12H2,1-3H3,(H2,26,33)(H2,27,28,29,31). The second kappa shape index (κ2) is 9.18. The van der Waals surface area contributed by atoms with E-state index in [4.69, 9.17) is 10.5 Å². The molecule has 0 saturated carbocycles. The van der Waals surface area contributed by atoms with Crippen LogP contribution in [0.15, 0.2) is 36.4 Å². The number of nitrogens with two attached hydrogens (primary N) is 1. The summed E-state index contributed by atoms with van der Waals surface area (Å²) in [5, 5.41) is 13.6. The highest BCUT2D eigenvalue weighted by Gasteiger charge is 2.28. The molecule has 34 heavy (non-hydrogen) atoms. The normalized spacial score (nSPS) is 13.8. The van der Waals surface area contributed by atoms with Crippen LogP contribution in [0.3, 0.4) is 0 Å². The second-order valence-electron chi connectivity index (χ2n) is 8.19. The van der Waals surface area contributed by atoms with Crippen molar-refractivity contribution >= 4 is 29.0 Å². The van der Waals surface area contributed by atoms with Gasteiger partial charge < -0.3 is 26.0 Å². The fourth-order valence-corrected chi connectivity index (χ4v) is 3.85. The average Bonchev–Trinajstić information content (AvgIpc) is 2.78. The lowest BCUT2D eigenvalue weighted by Crippen LogP contribution is -2.26. The van der Waals surface area contributed by atoms with Crippen LogP contribution in [0, 0.1) is 0 Å². The van der Waals surface area contributed by atoms with E-state index in [0.717, 1.165) is 32.0 Å². The van der Waals surface area contributed by atoms with E-state index < -0.39 is 11.8 Å². The number of hydrogen-bond acceptors (Lipinski definition) is 8. The van der Waals surface area contributed by atoms with Crippen molar-refractivity contribution in [2.75, 3.05) is 31.3 Å². The number of ether oxygens (including phenoxy) is 1. The Morgan fingerprint density at radius 3 is 2.62 bits per heavy atom. The van der Waals surface area contributed by atoms with Crippen molar-refractivity contribution in [3.8, 4) is 5.75 Å². The minimum Gasteiger partial charge on any atom is -0.495 e. The van der Waals surface area contributed by atoms with Crippen LogP contribution in [-0.4, -0.2) is 46.7 Å². The number of benzene rings is 2. The molecule has 0 radical (unpaired) electrons. The zero-order chi connectivity index (χ0) is 24.5. The molecule has 0 atom stereocenters. The Balaban J connectivity index is 1.70. The first kappa shape index (κ1) is 23.3. The number of likely N-dealkylation sites (N-methyl/N-ethyl adjacent to an activating group) is 1. The number of rotatable bonds is 7. The summed E-state index contributed by atoms with van der Waals surface area (Å²) in [7, 11) is 3.61. The number of methoxy groups -OCH3 is 1. The molecule has 3 aromatic rings. The molecule has 1 aromatic heterocycles. The Labute approximate surface area is 195 Å². The molecule has 0 bridgehead atoms. The molecule has 178 valence electrons. The van der Waals surface area contributed by atoms with Crippen molar-refractivity contribution in [3.05, 3.63) is 58.8 Å². The zero-order valence-corrected chi connectivity index (χ0v) is 19.0. The molecule has 0 saturated heterocycles. The smallest absolute Gasteiger partial charge is 0.273 e. The van der Waals surface area contributed by atoms with Crippen LogP contribution in [0.5, 0.6) is 5.75 Å². The number of para-hydroxylation sites is 1. The van der Waals surface area contributed by atoms with Crippen LogP contribution in [-0.2, 0) is 18.9 Å². The quantitative estimate of drug-likeness (QED) is 0.481. The highest BCUT2D eigenvalue weighted by atomic mass is 19.3. The van der Waals surface area contributed by atoms with Gasteiger partial charge in [0.1, 0.15) is 5.75 Å². The molecule has 0 spiro atoms. The average molecular weight is 469 g/mol. The Kier molecular flexibility index (Phi) is 6.29. The number of aromatic nitrogens is 3. The highest BCUT2D eigenvalue weighted by molar-refractivity contribution is 5.96. The van der Waals surface area contributed by atoms with Crippen LogP contribution < -0.4 is 21.1 Å². The number of nitrogens with zero attached hydrogens (tertiary/aromatic N) is 4. The number of carbonyl (C=O) groups is 1. The molecule has 1 aliphatic heterocycles. The summed E-state index contributed by atoms with van der Waals surface area (Å²) < 4.78 is 33.7. The molecule has 2 aromatic carbocycles. The van der Waals surface area contributed by atoms with Gasteiger partial charge >= 0.3 is 0 Å². The van der Waals surface area contributed by atoms with Crippen LogP contribution in [0.25, 0.3) is 0 Å². The van der Waals surface area contributed by atoms with Gasteiger partial charge in [-0.1, -0.05) is 18.2 Å². The predicted molar refractivity (Wildman–Crippen MR) is 124 cm³/mol. The summed E-state index contributed by atoms with van der Waals surface area (Å²) >= 11 is 0. The fraction of sp³-hybridized carbons (Fsp3) is 0.304. The number of hydrogen-bond donors (Lipinski definition) is 3. The maximum absolute atomic E-state index is 14.1. The van der Waals surface area contributed by atoms with E-state index in [9.17, 15) is 13.6 Å². The molecule has 0 unspecified atom stereocenters. The molecule has 4 rings (SSSR count). The molecule has 9 nitrogen and oxygen atoms in total. The number of fused-ring (bicyclic) bond motifs is 1. The summed E-state index contributed by atoms with van der Waals surface area (Å²) in [6, 6.07) is 9.75. The highest BCUT2D eigenvalue weighted by Crippen LogP contribution is 2.35. The van der Waals surface area contributed by atoms with Crippen molar-refractivity contribution in [1.82, 2.24) is 20.1 Å². The Morgan fingerprint density at radius 1 is 1.15 bits per heavy atom. The molecule has 2 heterocycles. The summed E-state index contributed by atoms with van der Waals surface area (Å²) in [5.41, 5.74) is 7.88. The van der Waals surface area contributed by atoms with Crippen molar-refractivity contribution < 1.29 is 18.3 Å². The number of amides is 1. The number of anilines is 4. The van der Waals surface area contributed by atoms with E-state index in [2.05, 4.69) is 30.7 Å². The van der Waals surface area contributed by atoms with Gasteiger partial charge in [0.2, 0.25) is 5.95 Å². The second-order valence-corrected chi connectivity index (χ2v) is 8.19. The predicted octanol–water partition coefficient (Wildman–Crippen LogP) is 3.57. The van der Waals surface area contributed by atoms with Gasteiger partial charge in [-0.25, -0.2) is 8.78 Å². The van der Waals surface area contributed by atoms with Crippen LogP contribution in [0.4, 0.5) is 31.9 Å². The summed E-state index contributed by atoms with van der Waals surface area (Å²) in [6.07, 6.45) is 0.906. The molecule has 4 N–H and O–H groups in total. The minimum atomic E-state index is -3.12. The van der Waals surface area contributed by atoms with Crippen molar-refractivity contribution in [3.63, 3.8) is 0 Å². The number of carbonyl (C=O) groups excluding carboxylic acids is 1. The molecule has 0 fully saturated rings. The van der Waals surface area contributed by atoms with E-state index in [1.54, 1.807) is 13.2 Å². The van der Waals surface area contributed by atoms with Gasteiger partial charge in [-0.2, -0.15) is 4.98 Å². The van der Waals surface area contributed by atoms with Crippen LogP contribution in [0.2, 0.25) is 0 Å². The molecule has 0 aliphatic carbocycles. The fourth-order valence-electron chi connectivity index (χ4n) is 3.85. The van der Waals surface area contributed by atoms with Crippen molar-refractivity contribution in [2.45, 2.75) is 25.8 Å². The van der Waals surface area contributed by atoms with Gasteiger partial charge in [0, 0.05) is 31.3 Å². The maximum atomic E-state index is 14.1. The first-order chi connectivity index (χ1) is 16.2. The van der Waals surface area contributed by atoms with Gasteiger partial charge in [0.25, 0.3) is 11.8 Å². The maximum Gasteiger partial charge on any atom is 0.273 e. The molecular weight excluding hydrogens is 444 g/mol. The van der Waals surface area contributed by atoms with Gasteiger partial charge in [0.05, 0.1) is 12.8 Å². The molecule has 11 heteroatoms. The van der Waals surface area contributed by atoms with Gasteiger partial charge in [-0.15, -0.1) is 10.2 Å². The number of halogens is 2. The number of nitrogens with one attached hydrogen (secondary N) is 2. The third kappa shape index (κ3) is 4.88. The van der Waals surface area contributed by atoms with Crippen molar-refractivity contribution in [2.24, 2.45) is 5.73 Å². The van der Waals surface area contributed by atoms with E-state index in [1.165, 1.54) is 23.8 Å². The van der Waals surface area contributed by atoms with Crippen LogP contribution in [0.1, 0.15) is 34.1 Å². The van der Waals surface area contributed by atoms with Gasteiger partial charge in [0.15, 0.2) is 11.5 Å². The largest absolute Gasteiger partial charge is 0.495 e. The lowest BCUT2D eigenvalue weighted by Gasteiger charge is -2.26. The van der Waals surface area contributed by atoms with Crippen molar-refractivity contribution in [1.29, 1.82) is 0 Å². The Bertz CT molecular complexity index is 1230. The van der Waals surface area contributed by atoms with E-state index >= 15 is 0 Å². The SMILES string of the molecule is COc1cc2c(cc1Nc1nnc(C(N)=O)c(Nc3ccccc3C(C)(F)F)n1)CN(C)CC2. The first-order valence-electron chi connectivity index (χ1n) is 10.6. The van der Waals surface area contributed by atoms with Crippen LogP contribution >= 0.6 is 0 Å². The number of alkyl halides is 2. The lowest BCUT2D eigenvalue weighted by molar-refractivity contribution is 0.0183.